The Hall–Kier alpha value is -1.68. The lowest BCUT2D eigenvalue weighted by Gasteiger charge is -2.09. The van der Waals surface area contributed by atoms with Gasteiger partial charge in [-0.05, 0) is 43.5 Å². The molecule has 1 aliphatic heterocycles. The van der Waals surface area contributed by atoms with Crippen LogP contribution in [0.3, 0.4) is 0 Å². The molecule has 1 N–H and O–H groups in total. The van der Waals surface area contributed by atoms with Crippen LogP contribution in [0.15, 0.2) is 42.5 Å². The quantitative estimate of drug-likeness (QED) is 0.559. The van der Waals surface area contributed by atoms with Crippen LogP contribution < -0.4 is 5.32 Å². The van der Waals surface area contributed by atoms with Crippen molar-refractivity contribution in [1.82, 2.24) is 9.78 Å². The number of halogens is 3. The van der Waals surface area contributed by atoms with Crippen LogP contribution in [0, 0.1) is 0 Å². The van der Waals surface area contributed by atoms with E-state index < -0.39 is 0 Å². The normalized spacial score (nSPS) is 13.9. The van der Waals surface area contributed by atoms with E-state index in [4.69, 9.17) is 39.9 Å². The molecule has 0 radical (unpaired) electrons. The van der Waals surface area contributed by atoms with E-state index in [9.17, 15) is 0 Å². The van der Waals surface area contributed by atoms with Gasteiger partial charge in [-0.25, -0.2) is 4.68 Å². The predicted molar refractivity (Wildman–Crippen MR) is 105 cm³/mol. The lowest BCUT2D eigenvalue weighted by molar-refractivity contribution is 0.780. The highest BCUT2D eigenvalue weighted by atomic mass is 35.5. The molecule has 4 rings (SSSR count). The number of rotatable bonds is 2. The molecular weight excluding hydrogens is 377 g/mol. The Bertz CT molecular complexity index is 934. The second kappa shape index (κ2) is 6.91. The molecular formula is C19H16Cl3N3. The summed E-state index contributed by atoms with van der Waals surface area (Å²) >= 11 is 18.9. The van der Waals surface area contributed by atoms with Crippen LogP contribution in [-0.4, -0.2) is 16.3 Å². The van der Waals surface area contributed by atoms with E-state index in [1.165, 1.54) is 5.56 Å². The van der Waals surface area contributed by atoms with Crippen molar-refractivity contribution in [2.45, 2.75) is 19.3 Å². The van der Waals surface area contributed by atoms with Gasteiger partial charge in [-0.1, -0.05) is 53.0 Å². The van der Waals surface area contributed by atoms with Crippen LogP contribution in [0.1, 0.15) is 18.4 Å². The number of fused-ring (bicyclic) bond motifs is 1. The van der Waals surface area contributed by atoms with Crippen LogP contribution >= 0.6 is 34.8 Å². The number of aromatic nitrogens is 2. The van der Waals surface area contributed by atoms with E-state index in [1.807, 2.05) is 41.1 Å². The van der Waals surface area contributed by atoms with Gasteiger partial charge in [0, 0.05) is 22.7 Å². The third-order valence-corrected chi connectivity index (χ3v) is 5.44. The average Bonchev–Trinajstić information content (AvgIpc) is 2.79. The number of hydrogen-bond donors (Lipinski definition) is 1. The number of nitrogens with one attached hydrogen (secondary N) is 1. The highest BCUT2D eigenvalue weighted by Crippen LogP contribution is 2.39. The first-order valence-electron chi connectivity index (χ1n) is 8.21. The van der Waals surface area contributed by atoms with Gasteiger partial charge in [0.1, 0.15) is 5.82 Å². The molecule has 0 saturated carbocycles. The van der Waals surface area contributed by atoms with Crippen LogP contribution in [0.25, 0.3) is 16.9 Å². The van der Waals surface area contributed by atoms with Crippen molar-refractivity contribution in [3.8, 4) is 16.9 Å². The Morgan fingerprint density at radius 2 is 1.84 bits per heavy atom. The first-order chi connectivity index (χ1) is 12.1. The summed E-state index contributed by atoms with van der Waals surface area (Å²) in [6.07, 6.45) is 3.17. The molecule has 2 heterocycles. The predicted octanol–water partition coefficient (Wildman–Crippen LogP) is 6.25. The molecule has 0 saturated heterocycles. The minimum Gasteiger partial charge on any atom is -0.370 e. The minimum absolute atomic E-state index is 0.534. The Morgan fingerprint density at radius 3 is 2.68 bits per heavy atom. The summed E-state index contributed by atoms with van der Waals surface area (Å²) in [5.74, 6) is 1.01. The molecule has 0 unspecified atom stereocenters. The zero-order valence-electron chi connectivity index (χ0n) is 13.4. The lowest BCUT2D eigenvalue weighted by Crippen LogP contribution is -2.07. The first kappa shape index (κ1) is 16.8. The molecule has 3 nitrogen and oxygen atoms in total. The Kier molecular flexibility index (Phi) is 4.63. The summed E-state index contributed by atoms with van der Waals surface area (Å²) < 4.78 is 1.92. The topological polar surface area (TPSA) is 29.9 Å². The number of nitrogens with zero attached hydrogens (tertiary/aromatic N) is 2. The lowest BCUT2D eigenvalue weighted by atomic mass is 10.0. The van der Waals surface area contributed by atoms with E-state index >= 15 is 0 Å². The fourth-order valence-electron chi connectivity index (χ4n) is 3.20. The van der Waals surface area contributed by atoms with E-state index in [-0.39, 0.29) is 0 Å². The zero-order chi connectivity index (χ0) is 17.4. The average molecular weight is 393 g/mol. The van der Waals surface area contributed by atoms with Crippen molar-refractivity contribution in [2.24, 2.45) is 0 Å². The Morgan fingerprint density at radius 1 is 1.00 bits per heavy atom. The van der Waals surface area contributed by atoms with Crippen LogP contribution in [-0.2, 0) is 6.42 Å². The van der Waals surface area contributed by atoms with Gasteiger partial charge < -0.3 is 5.32 Å². The summed E-state index contributed by atoms with van der Waals surface area (Å²) in [6, 6.07) is 13.3. The fourth-order valence-corrected chi connectivity index (χ4v) is 3.77. The van der Waals surface area contributed by atoms with Crippen molar-refractivity contribution in [2.75, 3.05) is 11.9 Å². The van der Waals surface area contributed by atoms with Gasteiger partial charge in [0.2, 0.25) is 0 Å². The second-order valence-electron chi connectivity index (χ2n) is 6.05. The summed E-state index contributed by atoms with van der Waals surface area (Å²) in [5.41, 5.74) is 3.82. The van der Waals surface area contributed by atoms with E-state index in [1.54, 1.807) is 6.07 Å². The standard InChI is InChI=1S/C19H16Cl3N3/c20-12-5-3-6-13(11-12)25-19-15(7-1-2-10-23-19)18(24-25)14-8-4-9-16(21)17(14)22/h3-6,8-9,11,23H,1-2,7,10H2. The SMILES string of the molecule is Clc1cccc(-n2nc(-c3cccc(Cl)c3Cl)c3c2NCCCC3)c1. The van der Waals surface area contributed by atoms with E-state index in [2.05, 4.69) is 5.32 Å². The van der Waals surface area contributed by atoms with Crippen molar-refractivity contribution in [3.05, 3.63) is 63.1 Å². The third kappa shape index (κ3) is 3.12. The summed E-state index contributed by atoms with van der Waals surface area (Å²) in [5, 5.41) is 10.1. The number of anilines is 1. The maximum atomic E-state index is 6.47. The van der Waals surface area contributed by atoms with Gasteiger partial charge in [-0.15, -0.1) is 0 Å². The highest BCUT2D eigenvalue weighted by molar-refractivity contribution is 6.43. The molecule has 3 aromatic rings. The van der Waals surface area contributed by atoms with Crippen LogP contribution in [0.4, 0.5) is 5.82 Å². The largest absolute Gasteiger partial charge is 0.370 e. The Labute approximate surface area is 161 Å². The summed E-state index contributed by atoms with van der Waals surface area (Å²) in [7, 11) is 0. The zero-order valence-corrected chi connectivity index (χ0v) is 15.7. The van der Waals surface area contributed by atoms with Crippen molar-refractivity contribution < 1.29 is 0 Å². The molecule has 1 aromatic heterocycles. The van der Waals surface area contributed by atoms with Gasteiger partial charge in [-0.2, -0.15) is 5.10 Å². The van der Waals surface area contributed by atoms with E-state index in [0.29, 0.717) is 15.1 Å². The number of hydrogen-bond acceptors (Lipinski definition) is 2. The van der Waals surface area contributed by atoms with Gasteiger partial charge in [0.25, 0.3) is 0 Å². The minimum atomic E-state index is 0.534. The molecule has 0 amide bonds. The molecule has 0 atom stereocenters. The summed E-state index contributed by atoms with van der Waals surface area (Å²) in [4.78, 5) is 0. The molecule has 0 bridgehead atoms. The van der Waals surface area contributed by atoms with Crippen molar-refractivity contribution >= 4 is 40.6 Å². The number of benzene rings is 2. The molecule has 6 heteroatoms. The smallest absolute Gasteiger partial charge is 0.133 e. The second-order valence-corrected chi connectivity index (χ2v) is 7.27. The van der Waals surface area contributed by atoms with Gasteiger partial charge in [-0.3, -0.25) is 0 Å². The molecule has 2 aromatic carbocycles. The first-order valence-corrected chi connectivity index (χ1v) is 9.34. The molecule has 0 fully saturated rings. The van der Waals surface area contributed by atoms with Crippen molar-refractivity contribution in [3.63, 3.8) is 0 Å². The third-order valence-electron chi connectivity index (χ3n) is 4.39. The van der Waals surface area contributed by atoms with Crippen LogP contribution in [0.5, 0.6) is 0 Å². The summed E-state index contributed by atoms with van der Waals surface area (Å²) in [6.45, 7) is 0.919. The molecule has 0 spiro atoms. The van der Waals surface area contributed by atoms with Gasteiger partial charge in [0.05, 0.1) is 21.4 Å². The van der Waals surface area contributed by atoms with E-state index in [0.717, 1.165) is 48.6 Å². The fraction of sp³-hybridized carbons (Fsp3) is 0.211. The van der Waals surface area contributed by atoms with Gasteiger partial charge in [0.15, 0.2) is 0 Å². The van der Waals surface area contributed by atoms with Crippen molar-refractivity contribution in [1.29, 1.82) is 0 Å². The van der Waals surface area contributed by atoms with Crippen LogP contribution in [0.2, 0.25) is 15.1 Å². The molecule has 128 valence electrons. The molecule has 0 aliphatic carbocycles. The monoisotopic (exact) mass is 391 g/mol. The maximum absolute atomic E-state index is 6.47. The molecule has 1 aliphatic rings. The highest BCUT2D eigenvalue weighted by Gasteiger charge is 2.23. The van der Waals surface area contributed by atoms with Gasteiger partial charge >= 0.3 is 0 Å². The molecule has 25 heavy (non-hydrogen) atoms. The Balaban J connectivity index is 1.95. The maximum Gasteiger partial charge on any atom is 0.133 e.